The summed E-state index contributed by atoms with van der Waals surface area (Å²) in [5, 5.41) is 3.01. The van der Waals surface area contributed by atoms with Crippen molar-refractivity contribution in [1.29, 1.82) is 0 Å². The third kappa shape index (κ3) is 3.77. The van der Waals surface area contributed by atoms with Crippen LogP contribution in [0.15, 0.2) is 41.2 Å². The summed E-state index contributed by atoms with van der Waals surface area (Å²) in [6.45, 7) is 5.53. The third-order valence-electron chi connectivity index (χ3n) is 3.48. The average molecular weight is 300 g/mol. The Balaban J connectivity index is 2.25. The number of ether oxygens (including phenoxy) is 1. The topological polar surface area (TPSA) is 43.3 Å². The molecule has 0 fully saturated rings. The van der Waals surface area contributed by atoms with Crippen LogP contribution in [-0.4, -0.2) is 18.2 Å². The highest BCUT2D eigenvalue weighted by Gasteiger charge is 2.07. The maximum absolute atomic E-state index is 12.3. The van der Waals surface area contributed by atoms with Crippen molar-refractivity contribution in [2.24, 2.45) is 13.0 Å². The lowest BCUT2D eigenvalue weighted by Crippen LogP contribution is -2.25. The molecule has 1 aromatic heterocycles. The number of rotatable bonds is 6. The highest BCUT2D eigenvalue weighted by Crippen LogP contribution is 2.21. The Morgan fingerprint density at radius 1 is 1.14 bits per heavy atom. The van der Waals surface area contributed by atoms with Gasteiger partial charge in [-0.2, -0.15) is 0 Å². The summed E-state index contributed by atoms with van der Waals surface area (Å²) in [7, 11) is 3.64. The SMILES string of the molecule is CNCc1ccc(-c2ccc(OCC(C)C)cc2)n(C)c1=O. The van der Waals surface area contributed by atoms with Crippen LogP contribution in [0.1, 0.15) is 19.4 Å². The Morgan fingerprint density at radius 3 is 2.41 bits per heavy atom. The zero-order chi connectivity index (χ0) is 16.1. The predicted molar refractivity (Wildman–Crippen MR) is 90.2 cm³/mol. The normalized spacial score (nSPS) is 11.0. The Bertz CT molecular complexity index is 672. The van der Waals surface area contributed by atoms with Gasteiger partial charge in [-0.05, 0) is 48.9 Å². The van der Waals surface area contributed by atoms with E-state index in [1.54, 1.807) is 11.6 Å². The molecule has 0 atom stereocenters. The van der Waals surface area contributed by atoms with Crippen LogP contribution in [-0.2, 0) is 13.6 Å². The van der Waals surface area contributed by atoms with Gasteiger partial charge in [0, 0.05) is 19.2 Å². The van der Waals surface area contributed by atoms with Crippen molar-refractivity contribution in [3.63, 3.8) is 0 Å². The van der Waals surface area contributed by atoms with Gasteiger partial charge < -0.3 is 14.6 Å². The van der Waals surface area contributed by atoms with Gasteiger partial charge >= 0.3 is 0 Å². The molecule has 0 bridgehead atoms. The zero-order valence-corrected chi connectivity index (χ0v) is 13.7. The van der Waals surface area contributed by atoms with Crippen LogP contribution in [0.4, 0.5) is 0 Å². The van der Waals surface area contributed by atoms with E-state index < -0.39 is 0 Å². The second-order valence-electron chi connectivity index (χ2n) is 5.87. The lowest BCUT2D eigenvalue weighted by atomic mass is 10.1. The summed E-state index contributed by atoms with van der Waals surface area (Å²) in [6, 6.07) is 11.7. The maximum atomic E-state index is 12.3. The van der Waals surface area contributed by atoms with E-state index in [0.29, 0.717) is 19.1 Å². The van der Waals surface area contributed by atoms with Crippen LogP contribution in [0.25, 0.3) is 11.3 Å². The zero-order valence-electron chi connectivity index (χ0n) is 13.7. The van der Waals surface area contributed by atoms with E-state index in [2.05, 4.69) is 19.2 Å². The molecule has 1 aromatic carbocycles. The first-order valence-corrected chi connectivity index (χ1v) is 7.59. The molecule has 4 heteroatoms. The van der Waals surface area contributed by atoms with Crippen LogP contribution in [0, 0.1) is 5.92 Å². The molecule has 0 saturated heterocycles. The number of nitrogens with zero attached hydrogens (tertiary/aromatic N) is 1. The van der Waals surface area contributed by atoms with E-state index >= 15 is 0 Å². The van der Waals surface area contributed by atoms with Crippen molar-refractivity contribution in [2.45, 2.75) is 20.4 Å². The average Bonchev–Trinajstić information content (AvgIpc) is 2.51. The first kappa shape index (κ1) is 16.3. The summed E-state index contributed by atoms with van der Waals surface area (Å²) in [5.41, 5.74) is 2.71. The van der Waals surface area contributed by atoms with Gasteiger partial charge in [0.25, 0.3) is 5.56 Å². The summed E-state index contributed by atoms with van der Waals surface area (Å²) in [4.78, 5) is 12.3. The Labute approximate surface area is 131 Å². The lowest BCUT2D eigenvalue weighted by Gasteiger charge is -2.12. The Hall–Kier alpha value is -2.07. The van der Waals surface area contributed by atoms with Crippen molar-refractivity contribution in [3.05, 3.63) is 52.3 Å². The van der Waals surface area contributed by atoms with Gasteiger partial charge in [-0.15, -0.1) is 0 Å². The van der Waals surface area contributed by atoms with E-state index in [1.165, 1.54) is 0 Å². The smallest absolute Gasteiger partial charge is 0.255 e. The first-order chi connectivity index (χ1) is 10.5. The number of aromatic nitrogens is 1. The largest absolute Gasteiger partial charge is 0.493 e. The summed E-state index contributed by atoms with van der Waals surface area (Å²) < 4.78 is 7.38. The second kappa shape index (κ2) is 7.27. The van der Waals surface area contributed by atoms with Gasteiger partial charge in [0.15, 0.2) is 0 Å². The predicted octanol–water partition coefficient (Wildman–Crippen LogP) is 2.81. The highest BCUT2D eigenvalue weighted by molar-refractivity contribution is 5.60. The van der Waals surface area contributed by atoms with E-state index in [4.69, 9.17) is 4.74 Å². The minimum Gasteiger partial charge on any atom is -0.493 e. The van der Waals surface area contributed by atoms with Gasteiger partial charge in [-0.25, -0.2) is 0 Å². The molecule has 0 spiro atoms. The van der Waals surface area contributed by atoms with Gasteiger partial charge in [0.2, 0.25) is 0 Å². The minimum absolute atomic E-state index is 0.0342. The van der Waals surface area contributed by atoms with E-state index in [-0.39, 0.29) is 5.56 Å². The molecule has 2 aromatic rings. The quantitative estimate of drug-likeness (QED) is 0.892. The van der Waals surface area contributed by atoms with Crippen LogP contribution in [0.2, 0.25) is 0 Å². The molecule has 2 rings (SSSR count). The van der Waals surface area contributed by atoms with Crippen molar-refractivity contribution in [2.75, 3.05) is 13.7 Å². The van der Waals surface area contributed by atoms with Gasteiger partial charge in [-0.1, -0.05) is 19.9 Å². The van der Waals surface area contributed by atoms with Gasteiger partial charge in [0.05, 0.1) is 12.3 Å². The molecular formula is C18H24N2O2. The van der Waals surface area contributed by atoms with E-state index in [1.807, 2.05) is 43.4 Å². The molecule has 0 amide bonds. The van der Waals surface area contributed by atoms with Crippen molar-refractivity contribution < 1.29 is 4.74 Å². The molecule has 0 radical (unpaired) electrons. The number of hydrogen-bond acceptors (Lipinski definition) is 3. The summed E-state index contributed by atoms with van der Waals surface area (Å²) in [5.74, 6) is 1.36. The molecule has 1 heterocycles. The van der Waals surface area contributed by atoms with E-state index in [0.717, 1.165) is 22.6 Å². The monoisotopic (exact) mass is 300 g/mol. The fourth-order valence-electron chi connectivity index (χ4n) is 2.29. The lowest BCUT2D eigenvalue weighted by molar-refractivity contribution is 0.271. The number of nitrogens with one attached hydrogen (secondary N) is 1. The molecule has 118 valence electrons. The fraction of sp³-hybridized carbons (Fsp3) is 0.389. The molecule has 1 N–H and O–H groups in total. The van der Waals surface area contributed by atoms with Crippen molar-refractivity contribution >= 4 is 0 Å². The molecule has 0 unspecified atom stereocenters. The van der Waals surface area contributed by atoms with Crippen molar-refractivity contribution in [1.82, 2.24) is 9.88 Å². The molecule has 22 heavy (non-hydrogen) atoms. The third-order valence-corrected chi connectivity index (χ3v) is 3.48. The molecule has 0 aliphatic heterocycles. The van der Waals surface area contributed by atoms with E-state index in [9.17, 15) is 4.79 Å². The van der Waals surface area contributed by atoms with Crippen LogP contribution < -0.4 is 15.6 Å². The van der Waals surface area contributed by atoms with Gasteiger partial charge in [-0.3, -0.25) is 4.79 Å². The molecule has 0 saturated carbocycles. The second-order valence-corrected chi connectivity index (χ2v) is 5.87. The highest BCUT2D eigenvalue weighted by atomic mass is 16.5. The Morgan fingerprint density at radius 2 is 1.82 bits per heavy atom. The van der Waals surface area contributed by atoms with Crippen LogP contribution >= 0.6 is 0 Å². The van der Waals surface area contributed by atoms with Gasteiger partial charge in [0.1, 0.15) is 5.75 Å². The summed E-state index contributed by atoms with van der Waals surface area (Å²) >= 11 is 0. The van der Waals surface area contributed by atoms with Crippen LogP contribution in [0.3, 0.4) is 0 Å². The Kier molecular flexibility index (Phi) is 5.39. The maximum Gasteiger partial charge on any atom is 0.255 e. The van der Waals surface area contributed by atoms with Crippen molar-refractivity contribution in [3.8, 4) is 17.0 Å². The molecular weight excluding hydrogens is 276 g/mol. The molecule has 4 nitrogen and oxygen atoms in total. The standard InChI is InChI=1S/C18H24N2O2/c1-13(2)12-22-16-8-5-14(6-9-16)17-10-7-15(11-19-3)18(21)20(17)4/h5-10,13,19H,11-12H2,1-4H3. The first-order valence-electron chi connectivity index (χ1n) is 7.59. The molecule has 0 aliphatic carbocycles. The summed E-state index contributed by atoms with van der Waals surface area (Å²) in [6.07, 6.45) is 0. The number of hydrogen-bond donors (Lipinski definition) is 1. The number of pyridine rings is 1. The number of benzene rings is 1. The van der Waals surface area contributed by atoms with Crippen LogP contribution in [0.5, 0.6) is 5.75 Å². The fourth-order valence-corrected chi connectivity index (χ4v) is 2.29. The minimum atomic E-state index is 0.0342. The molecule has 0 aliphatic rings.